The first kappa shape index (κ1) is 10.1. The molecule has 0 aliphatic carbocycles. The monoisotopic (exact) mass is 161 g/mol. The zero-order valence-electron chi connectivity index (χ0n) is 6.70. The Balaban J connectivity index is 0.000000845. The molecule has 0 unspecified atom stereocenters. The van der Waals surface area contributed by atoms with E-state index in [1.165, 1.54) is 5.56 Å². The Bertz CT molecular complexity index is 303. The van der Waals surface area contributed by atoms with Crippen LogP contribution < -0.4 is 0 Å². The Kier molecular flexibility index (Phi) is 3.83. The van der Waals surface area contributed by atoms with Gasteiger partial charge in [0, 0.05) is 0 Å². The molecule has 0 spiro atoms. The summed E-state index contributed by atoms with van der Waals surface area (Å²) in [4.78, 5) is 0. The van der Waals surface area contributed by atoms with E-state index in [-0.39, 0.29) is 18.9 Å². The average molecular weight is 161 g/mol. The van der Waals surface area contributed by atoms with E-state index in [4.69, 9.17) is 0 Å². The van der Waals surface area contributed by atoms with Crippen LogP contribution in [-0.4, -0.2) is 18.9 Å². The van der Waals surface area contributed by atoms with E-state index >= 15 is 0 Å². The van der Waals surface area contributed by atoms with E-state index in [0.717, 1.165) is 5.56 Å². The molecular formula is C12H10Li. The summed E-state index contributed by atoms with van der Waals surface area (Å²) in [6.07, 6.45) is 0. The molecule has 0 aliphatic heterocycles. The van der Waals surface area contributed by atoms with Gasteiger partial charge in [-0.15, -0.1) is 0 Å². The molecule has 0 N–H and O–H groups in total. The summed E-state index contributed by atoms with van der Waals surface area (Å²) in [5.74, 6) is 0. The summed E-state index contributed by atoms with van der Waals surface area (Å²) in [6.45, 7) is 0. The van der Waals surface area contributed by atoms with Crippen molar-refractivity contribution in [3.05, 3.63) is 60.7 Å². The normalized spacial score (nSPS) is 8.92. The van der Waals surface area contributed by atoms with Gasteiger partial charge in [0.2, 0.25) is 0 Å². The predicted octanol–water partition coefficient (Wildman–Crippen LogP) is 2.51. The molecule has 0 bridgehead atoms. The molecule has 1 radical (unpaired) electrons. The molecule has 0 amide bonds. The van der Waals surface area contributed by atoms with Gasteiger partial charge < -0.3 is 0 Å². The molecule has 0 saturated heterocycles. The summed E-state index contributed by atoms with van der Waals surface area (Å²) in [5, 5.41) is 0. The maximum Gasteiger partial charge on any atom is -0.00992 e. The van der Waals surface area contributed by atoms with E-state index in [0.29, 0.717) is 0 Å². The molecule has 2 aromatic carbocycles. The number of rotatable bonds is 1. The molecule has 13 heavy (non-hydrogen) atoms. The summed E-state index contributed by atoms with van der Waals surface area (Å²) < 4.78 is 0. The topological polar surface area (TPSA) is 0 Å². The minimum absolute atomic E-state index is 0. The van der Waals surface area contributed by atoms with E-state index in [1.54, 1.807) is 0 Å². The smallest absolute Gasteiger partial charge is 0.00992 e. The van der Waals surface area contributed by atoms with Gasteiger partial charge in [-0.3, -0.25) is 0 Å². The molecular weight excluding hydrogens is 151 g/mol. The first-order chi connectivity index (χ1) is 5.97. The van der Waals surface area contributed by atoms with Crippen LogP contribution in [0.2, 0.25) is 0 Å². The Hall–Kier alpha value is -0.963. The summed E-state index contributed by atoms with van der Waals surface area (Å²) in [5.41, 5.74) is 2.37. The number of hydrogen-bond donors (Lipinski definition) is 0. The van der Waals surface area contributed by atoms with Gasteiger partial charge in [0.05, 0.1) is 0 Å². The third-order valence-electron chi connectivity index (χ3n) is 1.79. The van der Waals surface area contributed by atoms with E-state index < -0.39 is 0 Å². The fraction of sp³-hybridized carbons (Fsp3) is 0. The van der Waals surface area contributed by atoms with Crippen LogP contribution in [0.4, 0.5) is 0 Å². The Labute approximate surface area is 90.8 Å². The van der Waals surface area contributed by atoms with Crippen molar-refractivity contribution in [2.45, 2.75) is 0 Å². The van der Waals surface area contributed by atoms with Crippen LogP contribution in [0.5, 0.6) is 0 Å². The zero-order chi connectivity index (χ0) is 8.23. The average Bonchev–Trinajstić information content (AvgIpc) is 2.21. The second-order valence-electron chi connectivity index (χ2n) is 2.64. The maximum atomic E-state index is 3.18. The molecule has 0 saturated carbocycles. The summed E-state index contributed by atoms with van der Waals surface area (Å²) in [7, 11) is 0. The fourth-order valence-electron chi connectivity index (χ4n) is 1.19. The zero-order valence-corrected chi connectivity index (χ0v) is 6.70. The van der Waals surface area contributed by atoms with E-state index in [2.05, 4.69) is 24.3 Å². The first-order valence-electron chi connectivity index (χ1n) is 3.99. The summed E-state index contributed by atoms with van der Waals surface area (Å²) in [6, 6.07) is 21.5. The standard InChI is InChI=1S/C12H9.Li.H/c1-3-7-11(8-4-1)12-9-5-2-6-10-12;;/h1-9H;;. The van der Waals surface area contributed by atoms with Gasteiger partial charge >= 0.3 is 18.9 Å². The van der Waals surface area contributed by atoms with Gasteiger partial charge in [0.1, 0.15) is 0 Å². The second kappa shape index (κ2) is 4.92. The number of benzene rings is 2. The van der Waals surface area contributed by atoms with E-state index in [9.17, 15) is 0 Å². The van der Waals surface area contributed by atoms with Crippen molar-refractivity contribution in [3.8, 4) is 11.1 Å². The minimum atomic E-state index is 0. The van der Waals surface area contributed by atoms with Crippen molar-refractivity contribution < 1.29 is 0 Å². The Morgan fingerprint density at radius 1 is 0.769 bits per heavy atom. The van der Waals surface area contributed by atoms with Crippen molar-refractivity contribution in [3.63, 3.8) is 0 Å². The largest absolute Gasteiger partial charge is 0.0622 e. The molecule has 59 valence electrons. The van der Waals surface area contributed by atoms with E-state index in [1.807, 2.05) is 36.4 Å². The van der Waals surface area contributed by atoms with Gasteiger partial charge in [-0.25, -0.2) is 0 Å². The van der Waals surface area contributed by atoms with Crippen molar-refractivity contribution in [2.24, 2.45) is 0 Å². The maximum absolute atomic E-state index is 3.18. The van der Waals surface area contributed by atoms with Crippen LogP contribution in [0.15, 0.2) is 54.6 Å². The third kappa shape index (κ3) is 2.49. The quantitative estimate of drug-likeness (QED) is 0.564. The fourth-order valence-corrected chi connectivity index (χ4v) is 1.19. The second-order valence-corrected chi connectivity index (χ2v) is 2.64. The number of hydrogen-bond acceptors (Lipinski definition) is 0. The molecule has 1 heteroatoms. The van der Waals surface area contributed by atoms with Gasteiger partial charge in [0.15, 0.2) is 0 Å². The van der Waals surface area contributed by atoms with Crippen molar-refractivity contribution in [1.29, 1.82) is 0 Å². The summed E-state index contributed by atoms with van der Waals surface area (Å²) >= 11 is 0. The van der Waals surface area contributed by atoms with Crippen LogP contribution in [0.1, 0.15) is 0 Å². The molecule has 2 rings (SSSR count). The predicted molar refractivity (Wildman–Crippen MR) is 57.9 cm³/mol. The van der Waals surface area contributed by atoms with Gasteiger partial charge in [-0.1, -0.05) is 54.6 Å². The molecule has 0 aromatic heterocycles. The van der Waals surface area contributed by atoms with Crippen molar-refractivity contribution >= 4 is 18.9 Å². The van der Waals surface area contributed by atoms with Gasteiger partial charge in [-0.05, 0) is 17.2 Å². The van der Waals surface area contributed by atoms with Crippen molar-refractivity contribution in [1.82, 2.24) is 0 Å². The molecule has 0 atom stereocenters. The molecule has 2 aromatic rings. The van der Waals surface area contributed by atoms with Crippen LogP contribution in [0.3, 0.4) is 0 Å². The first-order valence-corrected chi connectivity index (χ1v) is 3.99. The molecule has 0 nitrogen and oxygen atoms in total. The van der Waals surface area contributed by atoms with Crippen LogP contribution in [0, 0.1) is 6.07 Å². The molecule has 0 aliphatic rings. The Morgan fingerprint density at radius 2 is 1.46 bits per heavy atom. The Morgan fingerprint density at radius 3 is 2.08 bits per heavy atom. The van der Waals surface area contributed by atoms with Gasteiger partial charge in [-0.2, -0.15) is 0 Å². The molecule has 0 heterocycles. The van der Waals surface area contributed by atoms with Crippen molar-refractivity contribution in [2.75, 3.05) is 0 Å². The van der Waals surface area contributed by atoms with Gasteiger partial charge in [0.25, 0.3) is 0 Å². The molecule has 0 fully saturated rings. The third-order valence-corrected chi connectivity index (χ3v) is 1.79. The SMILES string of the molecule is [LiH].[c]1ccccc1-c1ccccc1. The van der Waals surface area contributed by atoms with Crippen LogP contribution in [-0.2, 0) is 0 Å². The minimum Gasteiger partial charge on any atom is -0.0622 e. The van der Waals surface area contributed by atoms with Crippen LogP contribution in [0.25, 0.3) is 11.1 Å². The van der Waals surface area contributed by atoms with Crippen LogP contribution >= 0.6 is 0 Å².